The van der Waals surface area contributed by atoms with Crippen molar-refractivity contribution >= 4 is 11.8 Å². The standard InChI is InChI=1S/C15H30N2S/c1-4-15(5-2)12-16-14(13-7-8-13)11-17(15)9-10-18-6-3/h13-14,16H,4-12H2,1-3H3. The first-order chi connectivity index (χ1) is 8.75. The zero-order valence-corrected chi connectivity index (χ0v) is 13.2. The summed E-state index contributed by atoms with van der Waals surface area (Å²) < 4.78 is 0. The fourth-order valence-corrected chi connectivity index (χ4v) is 3.98. The van der Waals surface area contributed by atoms with Crippen molar-refractivity contribution in [2.75, 3.05) is 31.1 Å². The largest absolute Gasteiger partial charge is 0.311 e. The van der Waals surface area contributed by atoms with Gasteiger partial charge in [-0.05, 0) is 37.4 Å². The summed E-state index contributed by atoms with van der Waals surface area (Å²) >= 11 is 2.09. The molecular weight excluding hydrogens is 240 g/mol. The van der Waals surface area contributed by atoms with Gasteiger partial charge in [0, 0.05) is 37.0 Å². The molecular formula is C15H30N2S. The second-order valence-corrected chi connectivity index (χ2v) is 7.29. The summed E-state index contributed by atoms with van der Waals surface area (Å²) in [5.41, 5.74) is 0.430. The van der Waals surface area contributed by atoms with Crippen molar-refractivity contribution in [2.24, 2.45) is 5.92 Å². The Morgan fingerprint density at radius 1 is 1.22 bits per heavy atom. The maximum absolute atomic E-state index is 3.85. The number of hydrogen-bond donors (Lipinski definition) is 1. The third-order valence-corrected chi connectivity index (χ3v) is 5.88. The molecule has 1 heterocycles. The highest BCUT2D eigenvalue weighted by molar-refractivity contribution is 7.99. The molecule has 0 aromatic rings. The van der Waals surface area contributed by atoms with Gasteiger partial charge in [-0.1, -0.05) is 20.8 Å². The van der Waals surface area contributed by atoms with E-state index in [-0.39, 0.29) is 0 Å². The summed E-state index contributed by atoms with van der Waals surface area (Å²) in [7, 11) is 0. The van der Waals surface area contributed by atoms with E-state index in [0.29, 0.717) is 5.54 Å². The van der Waals surface area contributed by atoms with E-state index in [1.165, 1.54) is 56.8 Å². The van der Waals surface area contributed by atoms with Gasteiger partial charge in [-0.25, -0.2) is 0 Å². The van der Waals surface area contributed by atoms with Gasteiger partial charge in [0.1, 0.15) is 0 Å². The minimum Gasteiger partial charge on any atom is -0.311 e. The van der Waals surface area contributed by atoms with E-state index >= 15 is 0 Å². The van der Waals surface area contributed by atoms with Gasteiger partial charge in [0.25, 0.3) is 0 Å². The van der Waals surface area contributed by atoms with Crippen LogP contribution in [0, 0.1) is 5.92 Å². The van der Waals surface area contributed by atoms with E-state index in [4.69, 9.17) is 0 Å². The molecule has 18 heavy (non-hydrogen) atoms. The first-order valence-corrected chi connectivity index (χ1v) is 8.97. The fraction of sp³-hybridized carbons (Fsp3) is 1.00. The molecule has 3 heteroatoms. The van der Waals surface area contributed by atoms with Gasteiger partial charge in [0.05, 0.1) is 0 Å². The molecule has 2 aliphatic rings. The van der Waals surface area contributed by atoms with Crippen LogP contribution in [-0.4, -0.2) is 47.6 Å². The lowest BCUT2D eigenvalue weighted by atomic mass is 9.86. The first kappa shape index (κ1) is 14.7. The summed E-state index contributed by atoms with van der Waals surface area (Å²) in [4.78, 5) is 2.81. The second-order valence-electron chi connectivity index (χ2n) is 5.90. The number of nitrogens with one attached hydrogen (secondary N) is 1. The summed E-state index contributed by atoms with van der Waals surface area (Å²) in [6.07, 6.45) is 5.48. The van der Waals surface area contributed by atoms with Gasteiger partial charge in [0.15, 0.2) is 0 Å². The summed E-state index contributed by atoms with van der Waals surface area (Å²) in [6.45, 7) is 10.8. The van der Waals surface area contributed by atoms with E-state index in [1.54, 1.807) is 0 Å². The molecule has 1 aliphatic carbocycles. The molecule has 1 saturated heterocycles. The molecule has 2 rings (SSSR count). The third kappa shape index (κ3) is 3.23. The SMILES string of the molecule is CCSCCN1CC(C2CC2)NCC1(CC)CC. The van der Waals surface area contributed by atoms with Crippen LogP contribution in [0.4, 0.5) is 0 Å². The smallest absolute Gasteiger partial charge is 0.0329 e. The lowest BCUT2D eigenvalue weighted by molar-refractivity contribution is 0.0330. The minimum atomic E-state index is 0.430. The zero-order chi connectivity index (χ0) is 13.0. The minimum absolute atomic E-state index is 0.430. The van der Waals surface area contributed by atoms with Crippen molar-refractivity contribution in [3.8, 4) is 0 Å². The van der Waals surface area contributed by atoms with Gasteiger partial charge in [-0.2, -0.15) is 11.8 Å². The van der Waals surface area contributed by atoms with Gasteiger partial charge in [-0.3, -0.25) is 4.90 Å². The zero-order valence-electron chi connectivity index (χ0n) is 12.4. The molecule has 0 amide bonds. The van der Waals surface area contributed by atoms with Crippen molar-refractivity contribution in [1.29, 1.82) is 0 Å². The van der Waals surface area contributed by atoms with Crippen LogP contribution >= 0.6 is 11.8 Å². The topological polar surface area (TPSA) is 15.3 Å². The Balaban J connectivity index is 1.95. The molecule has 2 nitrogen and oxygen atoms in total. The third-order valence-electron chi connectivity index (χ3n) is 5.00. The molecule has 1 atom stereocenters. The van der Waals surface area contributed by atoms with Crippen LogP contribution in [0.15, 0.2) is 0 Å². The van der Waals surface area contributed by atoms with Gasteiger partial charge in [0.2, 0.25) is 0 Å². The monoisotopic (exact) mass is 270 g/mol. The van der Waals surface area contributed by atoms with Gasteiger partial charge < -0.3 is 5.32 Å². The van der Waals surface area contributed by atoms with Gasteiger partial charge >= 0.3 is 0 Å². The number of hydrogen-bond acceptors (Lipinski definition) is 3. The molecule has 0 spiro atoms. The fourth-order valence-electron chi connectivity index (χ4n) is 3.34. The van der Waals surface area contributed by atoms with E-state index in [9.17, 15) is 0 Å². The highest BCUT2D eigenvalue weighted by Crippen LogP contribution is 2.37. The summed E-state index contributed by atoms with van der Waals surface area (Å²) in [5, 5.41) is 3.85. The van der Waals surface area contributed by atoms with E-state index in [2.05, 4.69) is 42.7 Å². The molecule has 2 fully saturated rings. The van der Waals surface area contributed by atoms with Crippen LogP contribution in [0.1, 0.15) is 46.5 Å². The van der Waals surface area contributed by atoms with Crippen molar-refractivity contribution in [2.45, 2.75) is 58.0 Å². The second kappa shape index (κ2) is 6.62. The number of rotatable bonds is 7. The Bertz CT molecular complexity index is 249. The van der Waals surface area contributed by atoms with E-state index < -0.39 is 0 Å². The van der Waals surface area contributed by atoms with Crippen LogP contribution in [0.2, 0.25) is 0 Å². The molecule has 0 aromatic heterocycles. The molecule has 1 N–H and O–H groups in total. The van der Waals surface area contributed by atoms with Crippen molar-refractivity contribution in [1.82, 2.24) is 10.2 Å². The normalized spacial score (nSPS) is 28.5. The Hall–Kier alpha value is 0.270. The Kier molecular flexibility index (Phi) is 5.40. The quantitative estimate of drug-likeness (QED) is 0.716. The molecule has 106 valence electrons. The molecule has 0 radical (unpaired) electrons. The molecule has 1 unspecified atom stereocenters. The van der Waals surface area contributed by atoms with Crippen LogP contribution in [-0.2, 0) is 0 Å². The lowest BCUT2D eigenvalue weighted by Gasteiger charge is -2.50. The number of nitrogens with zero attached hydrogens (tertiary/aromatic N) is 1. The van der Waals surface area contributed by atoms with Crippen LogP contribution in [0.25, 0.3) is 0 Å². The van der Waals surface area contributed by atoms with Crippen LogP contribution < -0.4 is 5.32 Å². The van der Waals surface area contributed by atoms with Crippen molar-refractivity contribution < 1.29 is 0 Å². The molecule has 0 bridgehead atoms. The maximum atomic E-state index is 3.85. The predicted octanol–water partition coefficient (Wildman–Crippen LogP) is 2.98. The Labute approximate surface area is 117 Å². The summed E-state index contributed by atoms with van der Waals surface area (Å²) in [5.74, 6) is 3.54. The molecule has 1 saturated carbocycles. The Morgan fingerprint density at radius 3 is 2.50 bits per heavy atom. The number of piperazine rings is 1. The average Bonchev–Trinajstić information content (AvgIpc) is 3.23. The van der Waals surface area contributed by atoms with Crippen LogP contribution in [0.5, 0.6) is 0 Å². The Morgan fingerprint density at radius 2 is 1.94 bits per heavy atom. The van der Waals surface area contributed by atoms with E-state index in [0.717, 1.165) is 12.0 Å². The van der Waals surface area contributed by atoms with Crippen molar-refractivity contribution in [3.05, 3.63) is 0 Å². The number of thioether (sulfide) groups is 1. The molecule has 0 aromatic carbocycles. The highest BCUT2D eigenvalue weighted by Gasteiger charge is 2.42. The van der Waals surface area contributed by atoms with E-state index in [1.807, 2.05) is 0 Å². The van der Waals surface area contributed by atoms with Gasteiger partial charge in [-0.15, -0.1) is 0 Å². The molecule has 1 aliphatic heterocycles. The van der Waals surface area contributed by atoms with Crippen molar-refractivity contribution in [3.63, 3.8) is 0 Å². The lowest BCUT2D eigenvalue weighted by Crippen LogP contribution is -2.65. The summed E-state index contributed by atoms with van der Waals surface area (Å²) in [6, 6.07) is 0.780. The average molecular weight is 270 g/mol. The highest BCUT2D eigenvalue weighted by atomic mass is 32.2. The predicted molar refractivity (Wildman–Crippen MR) is 82.4 cm³/mol. The van der Waals surface area contributed by atoms with Crippen LogP contribution in [0.3, 0.4) is 0 Å². The maximum Gasteiger partial charge on any atom is 0.0329 e. The first-order valence-electron chi connectivity index (χ1n) is 7.82.